The van der Waals surface area contributed by atoms with Crippen LogP contribution in [0, 0.1) is 0 Å². The summed E-state index contributed by atoms with van der Waals surface area (Å²) in [5.74, 6) is 2.60. The van der Waals surface area contributed by atoms with E-state index in [9.17, 15) is 4.79 Å². The zero-order valence-electron chi connectivity index (χ0n) is 16.8. The molecule has 1 N–H and O–H groups in total. The lowest BCUT2D eigenvalue weighted by atomic mass is 9.89. The minimum atomic E-state index is -0.250. The average Bonchev–Trinajstić information content (AvgIpc) is 3.48. The Kier molecular flexibility index (Phi) is 4.12. The van der Waals surface area contributed by atoms with Crippen molar-refractivity contribution in [3.05, 3.63) is 65.0 Å². The molecule has 4 heterocycles. The molecule has 0 spiro atoms. The molecule has 31 heavy (non-hydrogen) atoms. The molecule has 1 saturated carbocycles. The Balaban J connectivity index is 1.43. The largest absolute Gasteiger partial charge is 0.268 e. The molecule has 9 heteroatoms. The van der Waals surface area contributed by atoms with Crippen molar-refractivity contribution in [2.45, 2.75) is 38.0 Å². The third-order valence-corrected chi connectivity index (χ3v) is 5.96. The van der Waals surface area contributed by atoms with E-state index in [1.54, 1.807) is 16.9 Å². The minimum absolute atomic E-state index is 0.250. The van der Waals surface area contributed by atoms with Gasteiger partial charge in [0.15, 0.2) is 11.6 Å². The van der Waals surface area contributed by atoms with E-state index >= 15 is 0 Å². The first kappa shape index (κ1) is 17.9. The monoisotopic (exact) mass is 412 g/mol. The summed E-state index contributed by atoms with van der Waals surface area (Å²) in [5.41, 5.74) is 1.33. The Morgan fingerprint density at radius 1 is 1.00 bits per heavy atom. The van der Waals surface area contributed by atoms with E-state index in [4.69, 9.17) is 5.10 Å². The zero-order valence-corrected chi connectivity index (χ0v) is 16.8. The Bertz CT molecular complexity index is 1440. The van der Waals surface area contributed by atoms with Crippen LogP contribution in [0.15, 0.2) is 53.6 Å². The SMILES string of the molecule is O=c1c2cnc3nc(C4CCCCC4)nn3c2ccn1-c1n[nH]c(-c2ccccc2)n1. The molecule has 1 aromatic carbocycles. The Morgan fingerprint density at radius 3 is 2.68 bits per heavy atom. The van der Waals surface area contributed by atoms with Crippen LogP contribution in [0.4, 0.5) is 0 Å². The topological polar surface area (TPSA) is 107 Å². The summed E-state index contributed by atoms with van der Waals surface area (Å²) in [6.45, 7) is 0. The van der Waals surface area contributed by atoms with E-state index in [0.717, 1.165) is 24.2 Å². The first-order valence-electron chi connectivity index (χ1n) is 10.5. The summed E-state index contributed by atoms with van der Waals surface area (Å²) >= 11 is 0. The van der Waals surface area contributed by atoms with Gasteiger partial charge in [-0.2, -0.15) is 14.5 Å². The van der Waals surface area contributed by atoms with Gasteiger partial charge in [-0.3, -0.25) is 9.89 Å². The smallest absolute Gasteiger partial charge is 0.268 e. The number of pyridine rings is 1. The van der Waals surface area contributed by atoms with Gasteiger partial charge >= 0.3 is 0 Å². The lowest BCUT2D eigenvalue weighted by Gasteiger charge is -2.17. The van der Waals surface area contributed by atoms with Crippen LogP contribution in [0.3, 0.4) is 0 Å². The van der Waals surface area contributed by atoms with Gasteiger partial charge < -0.3 is 0 Å². The molecule has 1 aliphatic carbocycles. The number of aromatic nitrogens is 8. The lowest BCUT2D eigenvalue weighted by Crippen LogP contribution is -2.20. The van der Waals surface area contributed by atoms with Crippen LogP contribution < -0.4 is 5.56 Å². The Labute approximate surface area is 176 Å². The number of H-pyrrole nitrogens is 1. The number of hydrogen-bond donors (Lipinski definition) is 1. The molecule has 4 aromatic heterocycles. The molecule has 5 aromatic rings. The molecule has 1 fully saturated rings. The molecular weight excluding hydrogens is 392 g/mol. The molecule has 1 aliphatic rings. The molecule has 0 amide bonds. The van der Waals surface area contributed by atoms with Crippen molar-refractivity contribution in [3.8, 4) is 17.3 Å². The Hall–Kier alpha value is -3.88. The van der Waals surface area contributed by atoms with Gasteiger partial charge in [0.05, 0.1) is 10.9 Å². The number of benzene rings is 1. The van der Waals surface area contributed by atoms with E-state index in [-0.39, 0.29) is 11.5 Å². The zero-order chi connectivity index (χ0) is 20.8. The third-order valence-electron chi connectivity index (χ3n) is 5.96. The summed E-state index contributed by atoms with van der Waals surface area (Å²) in [4.78, 5) is 26.7. The van der Waals surface area contributed by atoms with E-state index in [2.05, 4.69) is 25.1 Å². The van der Waals surface area contributed by atoms with Crippen molar-refractivity contribution < 1.29 is 0 Å². The molecule has 0 atom stereocenters. The van der Waals surface area contributed by atoms with Gasteiger partial charge in [-0.05, 0) is 18.9 Å². The molecule has 0 radical (unpaired) electrons. The normalized spacial score (nSPS) is 15.1. The minimum Gasteiger partial charge on any atom is -0.268 e. The number of fused-ring (bicyclic) bond motifs is 3. The first-order valence-corrected chi connectivity index (χ1v) is 10.5. The summed E-state index contributed by atoms with van der Waals surface area (Å²) in [6, 6.07) is 11.5. The molecule has 0 bridgehead atoms. The van der Waals surface area contributed by atoms with Crippen LogP contribution in [0.2, 0.25) is 0 Å². The van der Waals surface area contributed by atoms with Gasteiger partial charge in [-0.1, -0.05) is 49.6 Å². The van der Waals surface area contributed by atoms with Crippen LogP contribution in [-0.4, -0.2) is 39.3 Å². The number of rotatable bonds is 3. The predicted octanol–water partition coefficient (Wildman–Crippen LogP) is 3.26. The third kappa shape index (κ3) is 3.00. The van der Waals surface area contributed by atoms with Crippen LogP contribution in [0.1, 0.15) is 43.8 Å². The van der Waals surface area contributed by atoms with Gasteiger partial charge in [0.25, 0.3) is 17.3 Å². The number of nitrogens with one attached hydrogen (secondary N) is 1. The van der Waals surface area contributed by atoms with Crippen molar-refractivity contribution >= 4 is 16.7 Å². The van der Waals surface area contributed by atoms with Crippen LogP contribution in [0.25, 0.3) is 34.0 Å². The molecule has 6 rings (SSSR count). The van der Waals surface area contributed by atoms with Crippen molar-refractivity contribution in [2.75, 3.05) is 0 Å². The maximum Gasteiger partial charge on any atom is 0.268 e. The molecule has 0 unspecified atom stereocenters. The summed E-state index contributed by atoms with van der Waals surface area (Å²) in [5, 5.41) is 12.3. The molecule has 0 aliphatic heterocycles. The standard InChI is InChI=1S/C22H20N8O/c31-20-16-13-23-21-25-19(15-9-5-2-6-10-15)28-30(21)17(16)11-12-29(20)22-24-18(26-27-22)14-7-3-1-4-8-14/h1,3-4,7-8,11-13,15H,2,5-6,9-10H2,(H,24,26,27). The Morgan fingerprint density at radius 2 is 1.84 bits per heavy atom. The second kappa shape index (κ2) is 7.12. The van der Waals surface area contributed by atoms with Crippen molar-refractivity contribution in [1.29, 1.82) is 0 Å². The van der Waals surface area contributed by atoms with Gasteiger partial charge in [0.2, 0.25) is 0 Å². The van der Waals surface area contributed by atoms with Gasteiger partial charge in [-0.15, -0.1) is 10.2 Å². The van der Waals surface area contributed by atoms with E-state index in [1.807, 2.05) is 36.4 Å². The molecule has 154 valence electrons. The average molecular weight is 412 g/mol. The lowest BCUT2D eigenvalue weighted by molar-refractivity contribution is 0.429. The fourth-order valence-corrected chi connectivity index (χ4v) is 4.31. The van der Waals surface area contributed by atoms with Crippen LogP contribution in [-0.2, 0) is 0 Å². The maximum absolute atomic E-state index is 13.2. The van der Waals surface area contributed by atoms with Crippen molar-refractivity contribution in [2.24, 2.45) is 0 Å². The van der Waals surface area contributed by atoms with Crippen LogP contribution in [0.5, 0.6) is 0 Å². The highest BCUT2D eigenvalue weighted by Gasteiger charge is 2.21. The number of nitrogens with zero attached hydrogens (tertiary/aromatic N) is 7. The molecule has 9 nitrogen and oxygen atoms in total. The summed E-state index contributed by atoms with van der Waals surface area (Å²) in [7, 11) is 0. The van der Waals surface area contributed by atoms with E-state index < -0.39 is 0 Å². The number of hydrogen-bond acceptors (Lipinski definition) is 6. The van der Waals surface area contributed by atoms with E-state index in [0.29, 0.717) is 28.4 Å². The fraction of sp³-hybridized carbons (Fsp3) is 0.273. The van der Waals surface area contributed by atoms with Crippen molar-refractivity contribution in [1.82, 2.24) is 39.3 Å². The predicted molar refractivity (Wildman–Crippen MR) is 115 cm³/mol. The highest BCUT2D eigenvalue weighted by molar-refractivity contribution is 5.78. The van der Waals surface area contributed by atoms with Gasteiger partial charge in [0.1, 0.15) is 0 Å². The van der Waals surface area contributed by atoms with E-state index in [1.165, 1.54) is 23.8 Å². The van der Waals surface area contributed by atoms with Gasteiger partial charge in [-0.25, -0.2) is 9.55 Å². The first-order chi connectivity index (χ1) is 15.3. The second-order valence-corrected chi connectivity index (χ2v) is 7.91. The van der Waals surface area contributed by atoms with Crippen LogP contribution >= 0.6 is 0 Å². The second-order valence-electron chi connectivity index (χ2n) is 7.91. The highest BCUT2D eigenvalue weighted by Crippen LogP contribution is 2.31. The molecule has 0 saturated heterocycles. The summed E-state index contributed by atoms with van der Waals surface area (Å²) in [6.07, 6.45) is 9.14. The maximum atomic E-state index is 13.2. The molecular formula is C22H20N8O. The highest BCUT2D eigenvalue weighted by atomic mass is 16.1. The quantitative estimate of drug-likeness (QED) is 0.487. The van der Waals surface area contributed by atoms with Crippen molar-refractivity contribution in [3.63, 3.8) is 0 Å². The summed E-state index contributed by atoms with van der Waals surface area (Å²) < 4.78 is 3.09. The fourth-order valence-electron chi connectivity index (χ4n) is 4.31. The number of aromatic amines is 1. The van der Waals surface area contributed by atoms with Gasteiger partial charge in [0, 0.05) is 23.9 Å².